The topological polar surface area (TPSA) is 0 Å². The number of hydrogen-bond acceptors (Lipinski definition) is 0. The molecular weight excluding hydrogens is 120 g/mol. The highest BCUT2D eigenvalue weighted by Crippen LogP contribution is 1.95. The summed E-state index contributed by atoms with van der Waals surface area (Å²) in [5.74, 6) is 0.634. The second kappa shape index (κ2) is 5.04. The van der Waals surface area contributed by atoms with Crippen LogP contribution in [0.2, 0.25) is 0 Å². The molecule has 0 aliphatic rings. The maximum atomic E-state index is 3.75. The van der Waals surface area contributed by atoms with Gasteiger partial charge in [0.1, 0.15) is 0 Å². The first-order chi connectivity index (χ1) is 4.63. The van der Waals surface area contributed by atoms with Gasteiger partial charge in [-0.3, -0.25) is 0 Å². The Kier molecular flexibility index (Phi) is 4.65. The zero-order valence-corrected chi connectivity index (χ0v) is 7.09. The first-order valence-electron chi connectivity index (χ1n) is 3.63. The average Bonchev–Trinajstić information content (AvgIpc) is 1.79. The molecule has 0 rings (SSSR count). The van der Waals surface area contributed by atoms with Crippen molar-refractivity contribution in [2.45, 2.75) is 20.8 Å². The lowest BCUT2D eigenvalue weighted by molar-refractivity contribution is 0.832. The minimum absolute atomic E-state index is 0.634. The zero-order chi connectivity index (χ0) is 7.98. The zero-order valence-electron chi connectivity index (χ0n) is 7.09. The molecule has 0 heteroatoms. The van der Waals surface area contributed by atoms with Crippen molar-refractivity contribution in [3.8, 4) is 0 Å². The molecule has 0 saturated carbocycles. The molecule has 0 nitrogen and oxygen atoms in total. The third kappa shape index (κ3) is 7.22. The lowest BCUT2D eigenvalue weighted by Crippen LogP contribution is -1.74. The predicted molar refractivity (Wildman–Crippen MR) is 47.9 cm³/mol. The Morgan fingerprint density at radius 1 is 1.30 bits per heavy atom. The van der Waals surface area contributed by atoms with Crippen molar-refractivity contribution in [3.63, 3.8) is 0 Å². The van der Waals surface area contributed by atoms with E-state index in [2.05, 4.69) is 32.6 Å². The molecule has 0 N–H and O–H groups in total. The molecule has 0 fully saturated rings. The van der Waals surface area contributed by atoms with Crippen LogP contribution in [0.5, 0.6) is 0 Å². The van der Waals surface area contributed by atoms with E-state index in [-0.39, 0.29) is 0 Å². The molecule has 0 heterocycles. The third-order valence-corrected chi connectivity index (χ3v) is 0.988. The summed E-state index contributed by atoms with van der Waals surface area (Å²) >= 11 is 0. The molecule has 0 atom stereocenters. The van der Waals surface area contributed by atoms with Crippen LogP contribution in [0.1, 0.15) is 20.8 Å². The van der Waals surface area contributed by atoms with Crippen LogP contribution in [-0.4, -0.2) is 0 Å². The summed E-state index contributed by atoms with van der Waals surface area (Å²) in [4.78, 5) is 0. The van der Waals surface area contributed by atoms with Crippen molar-refractivity contribution in [1.29, 1.82) is 0 Å². The molecule has 0 aliphatic heterocycles. The van der Waals surface area contributed by atoms with Crippen LogP contribution < -0.4 is 0 Å². The number of rotatable bonds is 3. The van der Waals surface area contributed by atoms with Gasteiger partial charge in [0.15, 0.2) is 0 Å². The highest BCUT2D eigenvalue weighted by Gasteiger charge is 1.78. The normalized spacial score (nSPS) is 12.0. The first kappa shape index (κ1) is 9.22. The number of hydrogen-bond donors (Lipinski definition) is 0. The van der Waals surface area contributed by atoms with Crippen molar-refractivity contribution in [3.05, 3.63) is 36.5 Å². The summed E-state index contributed by atoms with van der Waals surface area (Å²) in [7, 11) is 0. The molecule has 0 saturated heterocycles. The van der Waals surface area contributed by atoms with Gasteiger partial charge in [0.2, 0.25) is 0 Å². The van der Waals surface area contributed by atoms with Crippen LogP contribution in [0.4, 0.5) is 0 Å². The predicted octanol–water partition coefficient (Wildman–Crippen LogP) is 3.33. The van der Waals surface area contributed by atoms with Crippen molar-refractivity contribution < 1.29 is 0 Å². The Morgan fingerprint density at radius 2 is 1.90 bits per heavy atom. The van der Waals surface area contributed by atoms with Crippen LogP contribution in [-0.2, 0) is 0 Å². The molecule has 0 aliphatic carbocycles. The van der Waals surface area contributed by atoms with Crippen molar-refractivity contribution in [2.24, 2.45) is 5.92 Å². The Bertz CT molecular complexity index is 147. The van der Waals surface area contributed by atoms with E-state index in [0.29, 0.717) is 5.92 Å². The average molecular weight is 136 g/mol. The Labute approximate surface area is 64.0 Å². The fourth-order valence-electron chi connectivity index (χ4n) is 0.506. The minimum Gasteiger partial charge on any atom is -0.0961 e. The molecule has 10 heavy (non-hydrogen) atoms. The summed E-state index contributed by atoms with van der Waals surface area (Å²) in [6.07, 6.45) is 8.22. The van der Waals surface area contributed by atoms with Crippen molar-refractivity contribution in [2.75, 3.05) is 0 Å². The number of allylic oxidation sites excluding steroid dienone is 5. The maximum absolute atomic E-state index is 3.75. The molecule has 0 bridgehead atoms. The van der Waals surface area contributed by atoms with E-state index >= 15 is 0 Å². The van der Waals surface area contributed by atoms with Gasteiger partial charge in [-0.15, -0.1) is 0 Å². The largest absolute Gasteiger partial charge is 0.0961 e. The lowest BCUT2D eigenvalue weighted by Gasteiger charge is -1.89. The van der Waals surface area contributed by atoms with Gasteiger partial charge in [-0.2, -0.15) is 0 Å². The first-order valence-corrected chi connectivity index (χ1v) is 3.63. The van der Waals surface area contributed by atoms with Crippen LogP contribution in [0, 0.1) is 5.92 Å². The van der Waals surface area contributed by atoms with Crippen molar-refractivity contribution in [1.82, 2.24) is 0 Å². The molecular formula is C10H16. The van der Waals surface area contributed by atoms with Gasteiger partial charge in [0.05, 0.1) is 0 Å². The molecule has 0 amide bonds. The molecule has 0 radical (unpaired) electrons. The van der Waals surface area contributed by atoms with Crippen LogP contribution >= 0.6 is 0 Å². The summed E-state index contributed by atoms with van der Waals surface area (Å²) in [5.41, 5.74) is 1.09. The summed E-state index contributed by atoms with van der Waals surface area (Å²) in [6.45, 7) is 10.1. The quantitative estimate of drug-likeness (QED) is 0.522. The summed E-state index contributed by atoms with van der Waals surface area (Å²) < 4.78 is 0. The Hall–Kier alpha value is -0.780. The minimum atomic E-state index is 0.634. The standard InChI is InChI=1S/C10H16/c1-9(2)7-5-6-8-10(3)4/h5-8,10H,1H2,2-4H3/b7-5+,8-6+. The SMILES string of the molecule is C=C(C)/C=C/C=C/C(C)C. The van der Waals surface area contributed by atoms with E-state index in [9.17, 15) is 0 Å². The molecule has 0 aromatic heterocycles. The second-order valence-corrected chi connectivity index (χ2v) is 2.83. The smallest absolute Gasteiger partial charge is 0.0287 e. The second-order valence-electron chi connectivity index (χ2n) is 2.83. The van der Waals surface area contributed by atoms with Gasteiger partial charge in [0, 0.05) is 0 Å². The van der Waals surface area contributed by atoms with E-state index in [0.717, 1.165) is 5.57 Å². The third-order valence-electron chi connectivity index (χ3n) is 0.988. The highest BCUT2D eigenvalue weighted by molar-refractivity contribution is 5.16. The van der Waals surface area contributed by atoms with E-state index < -0.39 is 0 Å². The van der Waals surface area contributed by atoms with Gasteiger partial charge >= 0.3 is 0 Å². The van der Waals surface area contributed by atoms with Crippen LogP contribution in [0.3, 0.4) is 0 Å². The fraction of sp³-hybridized carbons (Fsp3) is 0.400. The molecule has 0 aromatic rings. The maximum Gasteiger partial charge on any atom is -0.0287 e. The Balaban J connectivity index is 3.62. The van der Waals surface area contributed by atoms with E-state index in [1.165, 1.54) is 0 Å². The lowest BCUT2D eigenvalue weighted by atomic mass is 10.2. The van der Waals surface area contributed by atoms with Crippen LogP contribution in [0.25, 0.3) is 0 Å². The Morgan fingerprint density at radius 3 is 2.30 bits per heavy atom. The molecule has 0 aromatic carbocycles. The summed E-state index contributed by atoms with van der Waals surface area (Å²) in [5, 5.41) is 0. The van der Waals surface area contributed by atoms with Gasteiger partial charge in [-0.05, 0) is 12.8 Å². The monoisotopic (exact) mass is 136 g/mol. The highest BCUT2D eigenvalue weighted by atomic mass is 13.8. The van der Waals surface area contributed by atoms with Crippen molar-refractivity contribution >= 4 is 0 Å². The molecule has 0 unspecified atom stereocenters. The van der Waals surface area contributed by atoms with Gasteiger partial charge in [-0.1, -0.05) is 50.3 Å². The summed E-state index contributed by atoms with van der Waals surface area (Å²) in [6, 6.07) is 0. The fourth-order valence-corrected chi connectivity index (χ4v) is 0.506. The van der Waals surface area contributed by atoms with E-state index in [4.69, 9.17) is 0 Å². The van der Waals surface area contributed by atoms with E-state index in [1.54, 1.807) is 0 Å². The molecule has 56 valence electrons. The van der Waals surface area contributed by atoms with E-state index in [1.807, 2.05) is 19.1 Å². The van der Waals surface area contributed by atoms with Gasteiger partial charge in [-0.25, -0.2) is 0 Å². The van der Waals surface area contributed by atoms with Crippen LogP contribution in [0.15, 0.2) is 36.5 Å². The van der Waals surface area contributed by atoms with Gasteiger partial charge in [0.25, 0.3) is 0 Å². The van der Waals surface area contributed by atoms with Gasteiger partial charge < -0.3 is 0 Å². The molecule has 0 spiro atoms.